The monoisotopic (exact) mass is 263 g/mol. The van der Waals surface area contributed by atoms with Crippen LogP contribution in [0.25, 0.3) is 0 Å². The zero-order valence-corrected chi connectivity index (χ0v) is 9.54. The number of nitrogens with zero attached hydrogens (tertiary/aromatic N) is 1. The molecule has 0 aromatic heterocycles. The number of anilines is 1. The fourth-order valence-corrected chi connectivity index (χ4v) is 1.33. The Morgan fingerprint density at radius 2 is 2.00 bits per heavy atom. The van der Waals surface area contributed by atoms with Crippen molar-refractivity contribution in [3.8, 4) is 0 Å². The van der Waals surface area contributed by atoms with Crippen molar-refractivity contribution >= 4 is 11.4 Å². The van der Waals surface area contributed by atoms with Gasteiger partial charge in [-0.3, -0.25) is 10.1 Å². The van der Waals surface area contributed by atoms with Crippen LogP contribution in [-0.2, 0) is 6.18 Å². The third-order valence-electron chi connectivity index (χ3n) is 2.21. The minimum Gasteiger partial charge on any atom is -0.378 e. The van der Waals surface area contributed by atoms with Crippen LogP contribution >= 0.6 is 0 Å². The molecule has 0 aliphatic carbocycles. The number of benzene rings is 1. The molecule has 0 bridgehead atoms. The van der Waals surface area contributed by atoms with Crippen LogP contribution in [0.1, 0.15) is 5.56 Å². The second-order valence-electron chi connectivity index (χ2n) is 3.52. The van der Waals surface area contributed by atoms with Crippen LogP contribution in [0.15, 0.2) is 18.2 Å². The summed E-state index contributed by atoms with van der Waals surface area (Å²) < 4.78 is 37.2. The summed E-state index contributed by atoms with van der Waals surface area (Å²) in [6.45, 7) is 0.918. The Hall–Kier alpha value is -1.83. The van der Waals surface area contributed by atoms with Gasteiger partial charge in [0.25, 0.3) is 5.69 Å². The summed E-state index contributed by atoms with van der Waals surface area (Å²) >= 11 is 0. The van der Waals surface area contributed by atoms with Gasteiger partial charge in [0.2, 0.25) is 0 Å². The van der Waals surface area contributed by atoms with Crippen molar-refractivity contribution in [3.05, 3.63) is 33.9 Å². The molecule has 5 nitrogen and oxygen atoms in total. The Labute approximate surface area is 101 Å². The van der Waals surface area contributed by atoms with Crippen molar-refractivity contribution in [1.82, 2.24) is 5.32 Å². The topological polar surface area (TPSA) is 67.2 Å². The molecule has 0 aliphatic heterocycles. The van der Waals surface area contributed by atoms with E-state index in [1.54, 1.807) is 7.05 Å². The number of nitro benzene ring substituents is 1. The van der Waals surface area contributed by atoms with Gasteiger partial charge in [-0.15, -0.1) is 0 Å². The normalized spacial score (nSPS) is 11.3. The first-order valence-corrected chi connectivity index (χ1v) is 5.10. The van der Waals surface area contributed by atoms with Gasteiger partial charge in [-0.25, -0.2) is 0 Å². The SMILES string of the molecule is CNCCNc1ccc(C(F)(F)F)cc1[N+](=O)[O-]. The van der Waals surface area contributed by atoms with Crippen molar-refractivity contribution in [3.63, 3.8) is 0 Å². The number of hydrogen-bond donors (Lipinski definition) is 2. The number of nitro groups is 1. The molecule has 1 aromatic rings. The molecular formula is C10H12F3N3O2. The van der Waals surface area contributed by atoms with Gasteiger partial charge in [0.1, 0.15) is 5.69 Å². The predicted molar refractivity (Wildman–Crippen MR) is 60.5 cm³/mol. The number of hydrogen-bond acceptors (Lipinski definition) is 4. The maximum atomic E-state index is 12.4. The van der Waals surface area contributed by atoms with Gasteiger partial charge in [-0.2, -0.15) is 13.2 Å². The highest BCUT2D eigenvalue weighted by molar-refractivity contribution is 5.62. The van der Waals surface area contributed by atoms with Crippen molar-refractivity contribution < 1.29 is 18.1 Å². The summed E-state index contributed by atoms with van der Waals surface area (Å²) in [5.74, 6) is 0. The fraction of sp³-hybridized carbons (Fsp3) is 0.400. The number of alkyl halides is 3. The Morgan fingerprint density at radius 3 is 2.50 bits per heavy atom. The number of rotatable bonds is 5. The van der Waals surface area contributed by atoms with E-state index in [0.29, 0.717) is 19.2 Å². The second-order valence-corrected chi connectivity index (χ2v) is 3.52. The first kappa shape index (κ1) is 14.2. The third kappa shape index (κ3) is 3.59. The molecule has 0 amide bonds. The Balaban J connectivity index is 3.01. The van der Waals surface area contributed by atoms with Crippen molar-refractivity contribution in [1.29, 1.82) is 0 Å². The minimum absolute atomic E-state index is 0.0725. The van der Waals surface area contributed by atoms with E-state index < -0.39 is 22.4 Å². The van der Waals surface area contributed by atoms with Crippen LogP contribution < -0.4 is 10.6 Å². The zero-order chi connectivity index (χ0) is 13.8. The molecule has 0 atom stereocenters. The van der Waals surface area contributed by atoms with E-state index in [9.17, 15) is 23.3 Å². The van der Waals surface area contributed by atoms with Crippen LogP contribution in [0.3, 0.4) is 0 Å². The lowest BCUT2D eigenvalue weighted by Gasteiger charge is -2.10. The number of likely N-dealkylation sites (N-methyl/N-ethyl adjacent to an activating group) is 1. The van der Waals surface area contributed by atoms with Gasteiger partial charge >= 0.3 is 6.18 Å². The van der Waals surface area contributed by atoms with Gasteiger partial charge in [0.15, 0.2) is 0 Å². The van der Waals surface area contributed by atoms with E-state index >= 15 is 0 Å². The molecular weight excluding hydrogens is 251 g/mol. The molecule has 0 aliphatic rings. The lowest BCUT2D eigenvalue weighted by atomic mass is 10.1. The van der Waals surface area contributed by atoms with Crippen LogP contribution in [0.5, 0.6) is 0 Å². The lowest BCUT2D eigenvalue weighted by molar-refractivity contribution is -0.384. The van der Waals surface area contributed by atoms with Gasteiger partial charge in [0, 0.05) is 19.2 Å². The fourth-order valence-electron chi connectivity index (χ4n) is 1.33. The molecule has 1 aromatic carbocycles. The van der Waals surface area contributed by atoms with E-state index in [4.69, 9.17) is 0 Å². The third-order valence-corrected chi connectivity index (χ3v) is 2.21. The lowest BCUT2D eigenvalue weighted by Crippen LogP contribution is -2.18. The highest BCUT2D eigenvalue weighted by Crippen LogP contribution is 2.34. The quantitative estimate of drug-likeness (QED) is 0.485. The molecule has 18 heavy (non-hydrogen) atoms. The maximum absolute atomic E-state index is 12.4. The molecule has 0 radical (unpaired) electrons. The summed E-state index contributed by atoms with van der Waals surface area (Å²) in [6.07, 6.45) is -4.59. The standard InChI is InChI=1S/C10H12F3N3O2/c1-14-4-5-15-8-3-2-7(10(11,12)13)6-9(8)16(17)18/h2-3,6,14-15H,4-5H2,1H3. The second kappa shape index (κ2) is 5.67. The van der Waals surface area contributed by atoms with Crippen LogP contribution in [0.2, 0.25) is 0 Å². The average Bonchev–Trinajstić information content (AvgIpc) is 2.28. The molecule has 0 unspecified atom stereocenters. The van der Waals surface area contributed by atoms with Crippen LogP contribution in [0, 0.1) is 10.1 Å². The molecule has 0 fully saturated rings. The highest BCUT2D eigenvalue weighted by atomic mass is 19.4. The van der Waals surface area contributed by atoms with Crippen molar-refractivity contribution in [2.24, 2.45) is 0 Å². The van der Waals surface area contributed by atoms with E-state index in [-0.39, 0.29) is 5.69 Å². The summed E-state index contributed by atoms with van der Waals surface area (Å²) in [5, 5.41) is 16.2. The Kier molecular flexibility index (Phi) is 4.49. The number of nitrogens with one attached hydrogen (secondary N) is 2. The van der Waals surface area contributed by atoms with E-state index in [1.165, 1.54) is 0 Å². The molecule has 100 valence electrons. The van der Waals surface area contributed by atoms with Gasteiger partial charge in [-0.1, -0.05) is 0 Å². The summed E-state index contributed by atoms with van der Waals surface area (Å²) in [4.78, 5) is 9.88. The van der Waals surface area contributed by atoms with Crippen LogP contribution in [0.4, 0.5) is 24.5 Å². The molecule has 0 saturated heterocycles. The number of halogens is 3. The molecule has 0 saturated carbocycles. The average molecular weight is 263 g/mol. The first-order chi connectivity index (χ1) is 8.36. The summed E-state index contributed by atoms with van der Waals surface area (Å²) in [6, 6.07) is 2.41. The molecule has 1 rings (SSSR count). The van der Waals surface area contributed by atoms with Gasteiger partial charge in [0.05, 0.1) is 10.5 Å². The summed E-state index contributed by atoms with van der Waals surface area (Å²) in [7, 11) is 1.70. The molecule has 8 heteroatoms. The predicted octanol–water partition coefficient (Wildman–Crippen LogP) is 2.24. The largest absolute Gasteiger partial charge is 0.416 e. The Bertz CT molecular complexity index is 435. The van der Waals surface area contributed by atoms with Gasteiger partial charge < -0.3 is 10.6 Å². The molecule has 0 heterocycles. The van der Waals surface area contributed by atoms with Crippen molar-refractivity contribution in [2.75, 3.05) is 25.5 Å². The van der Waals surface area contributed by atoms with E-state index in [1.807, 2.05) is 0 Å². The van der Waals surface area contributed by atoms with E-state index in [2.05, 4.69) is 10.6 Å². The molecule has 0 spiro atoms. The Morgan fingerprint density at radius 1 is 1.33 bits per heavy atom. The maximum Gasteiger partial charge on any atom is 0.416 e. The zero-order valence-electron chi connectivity index (χ0n) is 9.54. The minimum atomic E-state index is -4.59. The van der Waals surface area contributed by atoms with Crippen molar-refractivity contribution in [2.45, 2.75) is 6.18 Å². The molecule has 2 N–H and O–H groups in total. The van der Waals surface area contributed by atoms with E-state index in [0.717, 1.165) is 12.1 Å². The van der Waals surface area contributed by atoms with Gasteiger partial charge in [-0.05, 0) is 19.2 Å². The first-order valence-electron chi connectivity index (χ1n) is 5.10. The smallest absolute Gasteiger partial charge is 0.378 e. The highest BCUT2D eigenvalue weighted by Gasteiger charge is 2.32. The van der Waals surface area contributed by atoms with Crippen LogP contribution in [-0.4, -0.2) is 25.1 Å². The summed E-state index contributed by atoms with van der Waals surface area (Å²) in [5.41, 5.74) is -1.54.